The fraction of sp³-hybridized carbons (Fsp3) is 0.250. The average Bonchev–Trinajstić information content (AvgIpc) is 2.94. The summed E-state index contributed by atoms with van der Waals surface area (Å²) in [4.78, 5) is 0.334. The summed E-state index contributed by atoms with van der Waals surface area (Å²) in [6, 6.07) is 13.1. The molecule has 0 aliphatic heterocycles. The summed E-state index contributed by atoms with van der Waals surface area (Å²) in [6.45, 7) is 7.37. The number of aryl methyl sites for hydroxylation is 2. The highest BCUT2D eigenvalue weighted by Gasteiger charge is 2.23. The molecule has 7 nitrogen and oxygen atoms in total. The summed E-state index contributed by atoms with van der Waals surface area (Å²) >= 11 is 0. The molecule has 0 saturated heterocycles. The van der Waals surface area contributed by atoms with Gasteiger partial charge < -0.3 is 4.74 Å². The van der Waals surface area contributed by atoms with E-state index in [0.717, 1.165) is 15.4 Å². The van der Waals surface area contributed by atoms with E-state index in [9.17, 15) is 16.8 Å². The van der Waals surface area contributed by atoms with Gasteiger partial charge in [-0.25, -0.2) is 16.8 Å². The molecule has 0 atom stereocenters. The zero-order chi connectivity index (χ0) is 30.1. The first-order chi connectivity index (χ1) is 19.6. The Hall–Kier alpha value is -4.24. The molecule has 0 aliphatic carbocycles. The lowest BCUT2D eigenvalue weighted by molar-refractivity contribution is 0.204. The molecule has 0 aromatic heterocycles. The zero-order valence-electron chi connectivity index (χ0n) is 23.0. The number of hydrogen-bond donors (Lipinski definition) is 0. The molecule has 0 radical (unpaired) electrons. The Kier molecular flexibility index (Phi) is 13.5. The lowest BCUT2D eigenvalue weighted by Gasteiger charge is -2.18. The first-order valence-corrected chi connectivity index (χ1v) is 15.2. The third-order valence-electron chi connectivity index (χ3n) is 5.26. The Morgan fingerprint density at radius 3 is 1.56 bits per heavy atom. The van der Waals surface area contributed by atoms with Crippen LogP contribution in [0.1, 0.15) is 11.1 Å². The van der Waals surface area contributed by atoms with E-state index in [4.69, 9.17) is 11.2 Å². The Labute approximate surface area is 244 Å². The predicted octanol–water partition coefficient (Wildman–Crippen LogP) is 2.83. The van der Waals surface area contributed by atoms with Crippen LogP contribution in [0.3, 0.4) is 0 Å². The number of terminal acetylenes is 1. The quantitative estimate of drug-likeness (QED) is 0.230. The van der Waals surface area contributed by atoms with Gasteiger partial charge in [0, 0.05) is 6.54 Å². The molecular weight excluding hydrogens is 556 g/mol. The van der Waals surface area contributed by atoms with Crippen molar-refractivity contribution >= 4 is 20.0 Å². The minimum Gasteiger partial charge on any atom is -0.356 e. The van der Waals surface area contributed by atoms with Gasteiger partial charge in [0.05, 0.1) is 29.4 Å². The van der Waals surface area contributed by atoms with Crippen LogP contribution in [0.4, 0.5) is 0 Å². The topological polar surface area (TPSA) is 84.0 Å². The van der Waals surface area contributed by atoms with Gasteiger partial charge in [0.25, 0.3) is 0 Å². The molecule has 41 heavy (non-hydrogen) atoms. The van der Waals surface area contributed by atoms with Crippen LogP contribution in [-0.4, -0.2) is 64.8 Å². The maximum Gasteiger partial charge on any atom is 0.244 e. The Morgan fingerprint density at radius 2 is 1.12 bits per heavy atom. The Bertz CT molecular complexity index is 1710. The highest BCUT2D eigenvalue weighted by molar-refractivity contribution is 7.89. The van der Waals surface area contributed by atoms with Crippen molar-refractivity contribution in [3.8, 4) is 59.7 Å². The van der Waals surface area contributed by atoms with Crippen molar-refractivity contribution in [1.29, 1.82) is 0 Å². The van der Waals surface area contributed by atoms with Crippen molar-refractivity contribution in [3.63, 3.8) is 0 Å². The number of rotatable bonds is 11. The van der Waals surface area contributed by atoms with Crippen LogP contribution in [0.25, 0.3) is 0 Å². The molecular formula is C32H30N2O5S2. The van der Waals surface area contributed by atoms with Gasteiger partial charge in [-0.15, -0.1) is 13.0 Å². The summed E-state index contributed by atoms with van der Waals surface area (Å²) in [5, 5.41) is 0. The van der Waals surface area contributed by atoms with Crippen molar-refractivity contribution in [1.82, 2.24) is 8.61 Å². The minimum atomic E-state index is -3.77. The van der Waals surface area contributed by atoms with Gasteiger partial charge in [-0.2, -0.15) is 8.61 Å². The second-order valence-corrected chi connectivity index (χ2v) is 12.3. The van der Waals surface area contributed by atoms with E-state index in [-0.39, 0.29) is 49.2 Å². The van der Waals surface area contributed by atoms with Crippen molar-refractivity contribution in [2.24, 2.45) is 0 Å². The van der Waals surface area contributed by atoms with Crippen LogP contribution < -0.4 is 0 Å². The average molecular weight is 587 g/mol. The van der Waals surface area contributed by atoms with Crippen molar-refractivity contribution in [2.75, 3.05) is 39.4 Å². The van der Waals surface area contributed by atoms with E-state index in [1.165, 1.54) is 22.5 Å². The Balaban J connectivity index is 1.83. The lowest BCUT2D eigenvalue weighted by atomic mass is 10.2. The van der Waals surface area contributed by atoms with Crippen LogP contribution in [0, 0.1) is 73.6 Å². The van der Waals surface area contributed by atoms with Crippen LogP contribution in [0.5, 0.6) is 0 Å². The van der Waals surface area contributed by atoms with Gasteiger partial charge >= 0.3 is 0 Å². The molecule has 0 N–H and O–H groups in total. The molecule has 2 aromatic rings. The van der Waals surface area contributed by atoms with Gasteiger partial charge in [0.1, 0.15) is 13.2 Å². The number of benzene rings is 2. The summed E-state index contributed by atoms with van der Waals surface area (Å²) in [7, 11) is -7.48. The molecule has 0 spiro atoms. The largest absolute Gasteiger partial charge is 0.356 e. The van der Waals surface area contributed by atoms with Gasteiger partial charge in [-0.1, -0.05) is 71.1 Å². The minimum absolute atomic E-state index is 0.0347. The lowest BCUT2D eigenvalue weighted by Crippen LogP contribution is -2.31. The normalized spacial score (nSPS) is 10.5. The van der Waals surface area contributed by atoms with Gasteiger partial charge in [-0.3, -0.25) is 0 Å². The van der Waals surface area contributed by atoms with Crippen molar-refractivity contribution < 1.29 is 21.6 Å². The fourth-order valence-electron chi connectivity index (χ4n) is 3.10. The zero-order valence-corrected chi connectivity index (χ0v) is 24.6. The first kappa shape index (κ1) is 33.0. The highest BCUT2D eigenvalue weighted by atomic mass is 32.2. The molecule has 0 bridgehead atoms. The third-order valence-corrected chi connectivity index (χ3v) is 8.89. The summed E-state index contributed by atoms with van der Waals surface area (Å²) in [5.41, 5.74) is 1.91. The molecule has 0 unspecified atom stereocenters. The van der Waals surface area contributed by atoms with Crippen molar-refractivity contribution in [2.45, 2.75) is 23.6 Å². The highest BCUT2D eigenvalue weighted by Crippen LogP contribution is 2.17. The van der Waals surface area contributed by atoms with E-state index < -0.39 is 20.0 Å². The molecule has 0 fully saturated rings. The van der Waals surface area contributed by atoms with Gasteiger partial charge in [0.15, 0.2) is 0 Å². The number of nitrogens with zero attached hydrogens (tertiary/aromatic N) is 2. The van der Waals surface area contributed by atoms with Crippen LogP contribution in [-0.2, 0) is 24.8 Å². The summed E-state index contributed by atoms with van der Waals surface area (Å²) in [5.74, 6) is 23.6. The molecule has 0 heterocycles. The molecule has 0 saturated carbocycles. The second-order valence-electron chi connectivity index (χ2n) is 8.39. The van der Waals surface area contributed by atoms with Crippen LogP contribution in [0.2, 0.25) is 0 Å². The molecule has 2 aromatic carbocycles. The number of sulfonamides is 2. The molecule has 2 rings (SSSR count). The van der Waals surface area contributed by atoms with E-state index >= 15 is 0 Å². The molecule has 0 aliphatic rings. The summed E-state index contributed by atoms with van der Waals surface area (Å²) < 4.78 is 58.9. The van der Waals surface area contributed by atoms with E-state index in [2.05, 4.69) is 59.9 Å². The SMILES string of the molecule is C#CCN(CC#CC#CCOCC#CC#CCN(CC=C)S(=O)(=O)c1ccc(C)cc1)S(=O)(=O)c1ccc(C)cc1. The smallest absolute Gasteiger partial charge is 0.244 e. The summed E-state index contributed by atoms with van der Waals surface area (Å²) in [6.07, 6.45) is 6.83. The third kappa shape index (κ3) is 10.7. The van der Waals surface area contributed by atoms with E-state index in [0.29, 0.717) is 0 Å². The van der Waals surface area contributed by atoms with Crippen LogP contribution >= 0.6 is 0 Å². The van der Waals surface area contributed by atoms with Gasteiger partial charge in [0.2, 0.25) is 20.0 Å². The van der Waals surface area contributed by atoms with Gasteiger partial charge in [-0.05, 0) is 61.8 Å². The molecule has 9 heteroatoms. The monoisotopic (exact) mass is 586 g/mol. The van der Waals surface area contributed by atoms with E-state index in [1.54, 1.807) is 36.4 Å². The van der Waals surface area contributed by atoms with Crippen molar-refractivity contribution in [3.05, 3.63) is 72.3 Å². The fourth-order valence-corrected chi connectivity index (χ4v) is 5.67. The molecule has 210 valence electrons. The maximum absolute atomic E-state index is 12.8. The first-order valence-electron chi connectivity index (χ1n) is 12.3. The molecule has 0 amide bonds. The van der Waals surface area contributed by atoms with E-state index in [1.807, 2.05) is 13.8 Å². The predicted molar refractivity (Wildman–Crippen MR) is 161 cm³/mol. The maximum atomic E-state index is 12.8. The number of hydrogen-bond acceptors (Lipinski definition) is 5. The van der Waals surface area contributed by atoms with Crippen LogP contribution in [0.15, 0.2) is 71.0 Å². The second kappa shape index (κ2) is 16.8. The standard InChI is InChI=1S/C32H30N2O5S2/c1-5-23-33(40(35,36)31-19-15-29(3)16-20-31)25-11-7-9-13-27-39-28-14-10-8-12-26-34(24-6-2)41(37,38)32-21-17-30(4)18-22-32/h1,6,15-22H,2,23-28H2,3-4H3. The number of ether oxygens (including phenoxy) is 1. The Morgan fingerprint density at radius 1 is 0.707 bits per heavy atom.